The fourth-order valence-corrected chi connectivity index (χ4v) is 3.78. The summed E-state index contributed by atoms with van der Waals surface area (Å²) in [5.74, 6) is 0.935. The van der Waals surface area contributed by atoms with Gasteiger partial charge in [0.15, 0.2) is 0 Å². The summed E-state index contributed by atoms with van der Waals surface area (Å²) in [7, 11) is 2.12. The smallest absolute Gasteiger partial charge is 0.257 e. The van der Waals surface area contributed by atoms with Crippen molar-refractivity contribution in [2.45, 2.75) is 19.9 Å². The Morgan fingerprint density at radius 1 is 1.07 bits per heavy atom. The molecule has 1 saturated heterocycles. The second-order valence-corrected chi connectivity index (χ2v) is 7.27. The van der Waals surface area contributed by atoms with Gasteiger partial charge in [0.2, 0.25) is 0 Å². The molecule has 3 heterocycles. The van der Waals surface area contributed by atoms with Gasteiger partial charge in [0.25, 0.3) is 5.91 Å². The van der Waals surface area contributed by atoms with Crippen LogP contribution < -0.4 is 4.90 Å². The largest absolute Gasteiger partial charge is 0.354 e. The number of aromatic nitrogens is 2. The molecule has 0 saturated carbocycles. The highest BCUT2D eigenvalue weighted by molar-refractivity contribution is 5.94. The molecule has 0 radical (unpaired) electrons. The van der Waals surface area contributed by atoms with Gasteiger partial charge in [-0.1, -0.05) is 12.1 Å². The molecule has 0 aliphatic carbocycles. The van der Waals surface area contributed by atoms with Crippen LogP contribution in [0.5, 0.6) is 0 Å². The number of anilines is 1. The number of rotatable bonds is 2. The van der Waals surface area contributed by atoms with Gasteiger partial charge < -0.3 is 14.7 Å². The summed E-state index contributed by atoms with van der Waals surface area (Å²) in [5, 5.41) is 0. The standard InChI is InChI=1S/C20H24FN5O/c1-14-22-18-7-8-26(20(27)15-5-3-4-6-17(15)21)13-16(18)19(23-14)25-11-9-24(2)10-12-25/h3-6H,7-13H2,1-2H3. The van der Waals surface area contributed by atoms with Crippen molar-refractivity contribution >= 4 is 11.7 Å². The van der Waals surface area contributed by atoms with Gasteiger partial charge in [-0.2, -0.15) is 0 Å². The maximum atomic E-state index is 14.1. The first kappa shape index (κ1) is 17.9. The van der Waals surface area contributed by atoms with E-state index in [9.17, 15) is 9.18 Å². The molecule has 27 heavy (non-hydrogen) atoms. The molecule has 1 aromatic heterocycles. The number of likely N-dealkylation sites (N-methyl/N-ethyl adjacent to an activating group) is 1. The number of fused-ring (bicyclic) bond motifs is 1. The van der Waals surface area contributed by atoms with Crippen LogP contribution >= 0.6 is 0 Å². The van der Waals surface area contributed by atoms with Gasteiger partial charge in [-0.3, -0.25) is 4.79 Å². The number of hydrogen-bond donors (Lipinski definition) is 0. The molecule has 0 atom stereocenters. The molecule has 2 aromatic rings. The maximum Gasteiger partial charge on any atom is 0.257 e. The van der Waals surface area contributed by atoms with Crippen molar-refractivity contribution in [2.75, 3.05) is 44.7 Å². The molecule has 2 aliphatic heterocycles. The highest BCUT2D eigenvalue weighted by atomic mass is 19.1. The lowest BCUT2D eigenvalue weighted by molar-refractivity contribution is 0.0728. The average Bonchev–Trinajstić information content (AvgIpc) is 2.67. The molecule has 0 unspecified atom stereocenters. The highest BCUT2D eigenvalue weighted by Gasteiger charge is 2.29. The van der Waals surface area contributed by atoms with E-state index in [1.807, 2.05) is 6.92 Å². The molecule has 1 aromatic carbocycles. The second-order valence-electron chi connectivity index (χ2n) is 7.27. The molecule has 0 spiro atoms. The van der Waals surface area contributed by atoms with Crippen molar-refractivity contribution in [2.24, 2.45) is 0 Å². The zero-order chi connectivity index (χ0) is 19.0. The Morgan fingerprint density at radius 3 is 2.56 bits per heavy atom. The van der Waals surface area contributed by atoms with Gasteiger partial charge in [-0.05, 0) is 26.1 Å². The topological polar surface area (TPSA) is 52.6 Å². The third-order valence-electron chi connectivity index (χ3n) is 5.34. The zero-order valence-electron chi connectivity index (χ0n) is 15.8. The van der Waals surface area contributed by atoms with Crippen molar-refractivity contribution in [3.05, 3.63) is 52.7 Å². The van der Waals surface area contributed by atoms with Crippen LogP contribution in [0.4, 0.5) is 10.2 Å². The number of carbonyl (C=O) groups excluding carboxylic acids is 1. The van der Waals surface area contributed by atoms with E-state index >= 15 is 0 Å². The van der Waals surface area contributed by atoms with E-state index in [0.717, 1.165) is 49.1 Å². The van der Waals surface area contributed by atoms with Crippen LogP contribution in [0.25, 0.3) is 0 Å². The molecular weight excluding hydrogens is 345 g/mol. The van der Waals surface area contributed by atoms with Crippen molar-refractivity contribution in [3.8, 4) is 0 Å². The van der Waals surface area contributed by atoms with Gasteiger partial charge in [0.1, 0.15) is 17.5 Å². The van der Waals surface area contributed by atoms with Crippen LogP contribution in [0.1, 0.15) is 27.4 Å². The number of carbonyl (C=O) groups is 1. The highest BCUT2D eigenvalue weighted by Crippen LogP contribution is 2.28. The quantitative estimate of drug-likeness (QED) is 0.809. The molecule has 7 heteroatoms. The molecule has 1 amide bonds. The van der Waals surface area contributed by atoms with E-state index in [1.54, 1.807) is 23.1 Å². The number of hydrogen-bond acceptors (Lipinski definition) is 5. The SMILES string of the molecule is Cc1nc2c(c(N3CCN(C)CC3)n1)CN(C(=O)c1ccccc1F)CC2. The fraction of sp³-hybridized carbons (Fsp3) is 0.450. The minimum Gasteiger partial charge on any atom is -0.354 e. The zero-order valence-corrected chi connectivity index (χ0v) is 15.8. The Morgan fingerprint density at radius 2 is 1.81 bits per heavy atom. The van der Waals surface area contributed by atoms with E-state index in [0.29, 0.717) is 19.5 Å². The number of amides is 1. The number of nitrogens with zero attached hydrogens (tertiary/aromatic N) is 5. The summed E-state index contributed by atoms with van der Waals surface area (Å²) in [6.07, 6.45) is 0.666. The van der Waals surface area contributed by atoms with E-state index in [2.05, 4.69) is 21.8 Å². The van der Waals surface area contributed by atoms with E-state index in [1.165, 1.54) is 6.07 Å². The number of aryl methyl sites for hydroxylation is 1. The Hall–Kier alpha value is -2.54. The summed E-state index contributed by atoms with van der Waals surface area (Å²) < 4.78 is 14.1. The summed E-state index contributed by atoms with van der Waals surface area (Å²) in [4.78, 5) is 28.5. The van der Waals surface area contributed by atoms with Crippen molar-refractivity contribution in [1.82, 2.24) is 19.8 Å². The van der Waals surface area contributed by atoms with Gasteiger partial charge in [0.05, 0.1) is 17.8 Å². The van der Waals surface area contributed by atoms with Gasteiger partial charge in [0, 0.05) is 44.7 Å². The lowest BCUT2D eigenvalue weighted by Crippen LogP contribution is -2.46. The van der Waals surface area contributed by atoms with Crippen LogP contribution in [0, 0.1) is 12.7 Å². The first-order valence-electron chi connectivity index (χ1n) is 9.36. The van der Waals surface area contributed by atoms with E-state index in [4.69, 9.17) is 4.98 Å². The molecule has 142 valence electrons. The molecule has 2 aliphatic rings. The predicted octanol–water partition coefficient (Wildman–Crippen LogP) is 1.87. The Bertz CT molecular complexity index is 863. The number of piperazine rings is 1. The third kappa shape index (κ3) is 3.51. The van der Waals surface area contributed by atoms with Crippen molar-refractivity contribution in [3.63, 3.8) is 0 Å². The summed E-state index contributed by atoms with van der Waals surface area (Å²) >= 11 is 0. The maximum absolute atomic E-state index is 14.1. The monoisotopic (exact) mass is 369 g/mol. The molecule has 6 nitrogen and oxygen atoms in total. The summed E-state index contributed by atoms with van der Waals surface area (Å²) in [6, 6.07) is 6.16. The van der Waals surface area contributed by atoms with Crippen molar-refractivity contribution < 1.29 is 9.18 Å². The predicted molar refractivity (Wildman–Crippen MR) is 101 cm³/mol. The summed E-state index contributed by atoms with van der Waals surface area (Å²) in [6.45, 7) is 6.65. The summed E-state index contributed by atoms with van der Waals surface area (Å²) in [5.41, 5.74) is 2.13. The van der Waals surface area contributed by atoms with E-state index in [-0.39, 0.29) is 11.5 Å². The minimum atomic E-state index is -0.479. The normalized spacial score (nSPS) is 17.7. The number of benzene rings is 1. The van der Waals surface area contributed by atoms with Gasteiger partial charge in [-0.25, -0.2) is 14.4 Å². The lowest BCUT2D eigenvalue weighted by Gasteiger charge is -2.37. The van der Waals surface area contributed by atoms with E-state index < -0.39 is 5.82 Å². The van der Waals surface area contributed by atoms with Crippen LogP contribution in [-0.2, 0) is 13.0 Å². The molecule has 1 fully saturated rings. The molecule has 4 rings (SSSR count). The molecule has 0 N–H and O–H groups in total. The van der Waals surface area contributed by atoms with Crippen molar-refractivity contribution in [1.29, 1.82) is 0 Å². The second kappa shape index (κ2) is 7.23. The third-order valence-corrected chi connectivity index (χ3v) is 5.34. The van der Waals surface area contributed by atoms with Gasteiger partial charge >= 0.3 is 0 Å². The minimum absolute atomic E-state index is 0.120. The Balaban J connectivity index is 1.63. The Kier molecular flexibility index (Phi) is 4.78. The van der Waals surface area contributed by atoms with Crippen LogP contribution in [-0.4, -0.2) is 65.4 Å². The van der Waals surface area contributed by atoms with Gasteiger partial charge in [-0.15, -0.1) is 0 Å². The van der Waals surface area contributed by atoms with Crippen LogP contribution in [0.3, 0.4) is 0 Å². The van der Waals surface area contributed by atoms with Crippen LogP contribution in [0.15, 0.2) is 24.3 Å². The first-order valence-corrected chi connectivity index (χ1v) is 9.36. The molecular formula is C20H24FN5O. The first-order chi connectivity index (χ1) is 13.0. The van der Waals surface area contributed by atoms with Crippen LogP contribution in [0.2, 0.25) is 0 Å². The fourth-order valence-electron chi connectivity index (χ4n) is 3.78. The number of halogens is 1. The molecule has 0 bridgehead atoms. The lowest BCUT2D eigenvalue weighted by atomic mass is 10.0. The average molecular weight is 369 g/mol. The Labute approximate surface area is 158 Å².